The molecule has 0 amide bonds. The van der Waals surface area contributed by atoms with Gasteiger partial charge in [-0.3, -0.25) is 9.89 Å². The molecule has 0 aliphatic carbocycles. The van der Waals surface area contributed by atoms with Crippen molar-refractivity contribution in [2.45, 2.75) is 0 Å². The molecule has 0 unspecified atom stereocenters. The first-order chi connectivity index (χ1) is 6.77. The fourth-order valence-corrected chi connectivity index (χ4v) is 1.40. The average Bonchev–Trinajstić information content (AvgIpc) is 2.71. The van der Waals surface area contributed by atoms with Crippen molar-refractivity contribution in [2.75, 3.05) is 0 Å². The summed E-state index contributed by atoms with van der Waals surface area (Å²) in [5.41, 5.74) is 1.08. The van der Waals surface area contributed by atoms with Gasteiger partial charge in [-0.25, -0.2) is 9.20 Å². The topological polar surface area (TPSA) is 93.8 Å². The maximum Gasteiger partial charge on any atom is 0.293 e. The van der Waals surface area contributed by atoms with Crippen molar-refractivity contribution in [3.05, 3.63) is 16.7 Å². The Bertz CT molecular complexity index is 674. The molecule has 8 heteroatoms. The van der Waals surface area contributed by atoms with Gasteiger partial charge in [0.25, 0.3) is 5.56 Å². The summed E-state index contributed by atoms with van der Waals surface area (Å²) in [6.45, 7) is 0. The van der Waals surface area contributed by atoms with E-state index in [9.17, 15) is 4.79 Å². The minimum Gasteiger partial charge on any atom is -0.265 e. The highest BCUT2D eigenvalue weighted by atomic mass is 16.1. The number of aryl methyl sites for hydroxylation is 1. The molecule has 3 heterocycles. The lowest BCUT2D eigenvalue weighted by atomic mass is 10.4. The van der Waals surface area contributed by atoms with E-state index in [1.54, 1.807) is 7.05 Å². The van der Waals surface area contributed by atoms with Gasteiger partial charge in [0.1, 0.15) is 11.8 Å². The SMILES string of the molecule is Cn1nnc2c(=O)[nH]n3cnnc3c21. The van der Waals surface area contributed by atoms with Crippen LogP contribution >= 0.6 is 0 Å². The van der Waals surface area contributed by atoms with Gasteiger partial charge in [-0.05, 0) is 0 Å². The van der Waals surface area contributed by atoms with Crippen molar-refractivity contribution in [2.24, 2.45) is 7.05 Å². The van der Waals surface area contributed by atoms with E-state index < -0.39 is 0 Å². The van der Waals surface area contributed by atoms with Crippen LogP contribution in [0.5, 0.6) is 0 Å². The Labute approximate surface area is 76.1 Å². The van der Waals surface area contributed by atoms with Gasteiger partial charge in [-0.15, -0.1) is 15.3 Å². The molecule has 14 heavy (non-hydrogen) atoms. The molecule has 0 atom stereocenters. The van der Waals surface area contributed by atoms with E-state index in [0.29, 0.717) is 11.2 Å². The smallest absolute Gasteiger partial charge is 0.265 e. The van der Waals surface area contributed by atoms with Gasteiger partial charge >= 0.3 is 0 Å². The molecule has 0 bridgehead atoms. The zero-order chi connectivity index (χ0) is 9.71. The quantitative estimate of drug-likeness (QED) is 0.476. The molecule has 0 aliphatic heterocycles. The summed E-state index contributed by atoms with van der Waals surface area (Å²) in [5, 5.41) is 17.6. The average molecular weight is 191 g/mol. The van der Waals surface area contributed by atoms with Crippen LogP contribution in [0.2, 0.25) is 0 Å². The van der Waals surface area contributed by atoms with E-state index in [-0.39, 0.29) is 11.1 Å². The number of nitrogens with one attached hydrogen (secondary N) is 1. The Balaban J connectivity index is 2.78. The fraction of sp³-hybridized carbons (Fsp3) is 0.167. The summed E-state index contributed by atoms with van der Waals surface area (Å²) >= 11 is 0. The van der Waals surface area contributed by atoms with Gasteiger partial charge in [0.2, 0.25) is 5.65 Å². The van der Waals surface area contributed by atoms with Crippen molar-refractivity contribution in [1.82, 2.24) is 34.8 Å². The molecule has 0 aliphatic rings. The number of aromatic amines is 1. The van der Waals surface area contributed by atoms with E-state index in [2.05, 4.69) is 25.6 Å². The number of aromatic nitrogens is 7. The third kappa shape index (κ3) is 0.696. The van der Waals surface area contributed by atoms with Crippen LogP contribution in [0.15, 0.2) is 11.1 Å². The minimum atomic E-state index is -0.305. The monoisotopic (exact) mass is 191 g/mol. The van der Waals surface area contributed by atoms with Gasteiger partial charge in [0.05, 0.1) is 0 Å². The summed E-state index contributed by atoms with van der Waals surface area (Å²) in [6.07, 6.45) is 1.42. The van der Waals surface area contributed by atoms with Crippen LogP contribution in [-0.4, -0.2) is 34.8 Å². The molecule has 0 spiro atoms. The van der Waals surface area contributed by atoms with Crippen LogP contribution in [0.3, 0.4) is 0 Å². The van der Waals surface area contributed by atoms with Crippen molar-refractivity contribution in [1.29, 1.82) is 0 Å². The minimum absolute atomic E-state index is 0.271. The normalized spacial score (nSPS) is 11.5. The van der Waals surface area contributed by atoms with Gasteiger partial charge < -0.3 is 0 Å². The molecule has 0 radical (unpaired) electrons. The summed E-state index contributed by atoms with van der Waals surface area (Å²) in [7, 11) is 1.70. The zero-order valence-corrected chi connectivity index (χ0v) is 7.17. The number of hydrogen-bond donors (Lipinski definition) is 1. The molecule has 70 valence electrons. The highest BCUT2D eigenvalue weighted by Crippen LogP contribution is 2.08. The number of hydrogen-bond acceptors (Lipinski definition) is 5. The Hall–Kier alpha value is -2.25. The second kappa shape index (κ2) is 2.16. The molecule has 3 aromatic heterocycles. The summed E-state index contributed by atoms with van der Waals surface area (Å²) in [4.78, 5) is 11.5. The van der Waals surface area contributed by atoms with Gasteiger partial charge in [0.15, 0.2) is 5.52 Å². The Morgan fingerprint density at radius 3 is 3.14 bits per heavy atom. The van der Waals surface area contributed by atoms with Gasteiger partial charge in [-0.1, -0.05) is 5.21 Å². The molecule has 0 saturated carbocycles. The standard InChI is InChI=1S/C6H5N7O/c1-12-4-3(8-11-12)6(14)10-13-2-7-9-5(4)13/h2H,1H3,(H,10,14). The fourth-order valence-electron chi connectivity index (χ4n) is 1.40. The number of fused-ring (bicyclic) bond motifs is 3. The van der Waals surface area contributed by atoms with Crippen LogP contribution in [0, 0.1) is 0 Å². The largest absolute Gasteiger partial charge is 0.293 e. The van der Waals surface area contributed by atoms with E-state index in [1.807, 2.05) is 0 Å². The third-order valence-electron chi connectivity index (χ3n) is 2.02. The van der Waals surface area contributed by atoms with Crippen molar-refractivity contribution >= 4 is 16.7 Å². The first-order valence-electron chi connectivity index (χ1n) is 3.89. The lowest BCUT2D eigenvalue weighted by molar-refractivity contribution is 0.736. The second-order valence-electron chi connectivity index (χ2n) is 2.88. The van der Waals surface area contributed by atoms with Crippen LogP contribution in [0.4, 0.5) is 0 Å². The first-order valence-corrected chi connectivity index (χ1v) is 3.89. The number of rotatable bonds is 0. The van der Waals surface area contributed by atoms with Gasteiger partial charge in [0, 0.05) is 7.05 Å². The zero-order valence-electron chi connectivity index (χ0n) is 7.17. The molecule has 0 saturated heterocycles. The molecule has 3 aromatic rings. The van der Waals surface area contributed by atoms with E-state index in [4.69, 9.17) is 0 Å². The summed E-state index contributed by atoms with van der Waals surface area (Å²) in [5.74, 6) is 0. The summed E-state index contributed by atoms with van der Waals surface area (Å²) < 4.78 is 2.93. The Kier molecular flexibility index (Phi) is 1.11. The Morgan fingerprint density at radius 2 is 2.29 bits per heavy atom. The predicted octanol–water partition coefficient (Wildman–Crippen LogP) is -1.30. The molecular formula is C6H5N7O. The maximum absolute atomic E-state index is 11.5. The van der Waals surface area contributed by atoms with Crippen molar-refractivity contribution in [3.63, 3.8) is 0 Å². The third-order valence-corrected chi connectivity index (χ3v) is 2.02. The Morgan fingerprint density at radius 1 is 1.43 bits per heavy atom. The van der Waals surface area contributed by atoms with Crippen molar-refractivity contribution in [3.8, 4) is 0 Å². The number of nitrogens with zero attached hydrogens (tertiary/aromatic N) is 6. The van der Waals surface area contributed by atoms with Crippen LogP contribution < -0.4 is 5.56 Å². The van der Waals surface area contributed by atoms with E-state index in [1.165, 1.54) is 15.5 Å². The lowest BCUT2D eigenvalue weighted by Crippen LogP contribution is -2.12. The second-order valence-corrected chi connectivity index (χ2v) is 2.88. The molecule has 1 N–H and O–H groups in total. The van der Waals surface area contributed by atoms with Gasteiger partial charge in [-0.2, -0.15) is 0 Å². The lowest BCUT2D eigenvalue weighted by Gasteiger charge is -1.93. The van der Waals surface area contributed by atoms with Crippen LogP contribution in [0.25, 0.3) is 16.7 Å². The highest BCUT2D eigenvalue weighted by molar-refractivity contribution is 5.86. The molecule has 0 fully saturated rings. The molecular weight excluding hydrogens is 186 g/mol. The van der Waals surface area contributed by atoms with E-state index in [0.717, 1.165) is 0 Å². The molecule has 8 nitrogen and oxygen atoms in total. The van der Waals surface area contributed by atoms with Crippen LogP contribution in [0.1, 0.15) is 0 Å². The maximum atomic E-state index is 11.5. The molecule has 0 aromatic carbocycles. The molecule has 3 rings (SSSR count). The van der Waals surface area contributed by atoms with E-state index >= 15 is 0 Å². The highest BCUT2D eigenvalue weighted by Gasteiger charge is 2.12. The van der Waals surface area contributed by atoms with Crippen LogP contribution in [-0.2, 0) is 7.05 Å². The predicted molar refractivity (Wildman–Crippen MR) is 45.7 cm³/mol. The first kappa shape index (κ1) is 7.18. The number of H-pyrrole nitrogens is 1. The van der Waals surface area contributed by atoms with Crippen molar-refractivity contribution < 1.29 is 0 Å². The summed E-state index contributed by atoms with van der Waals surface area (Å²) in [6, 6.07) is 0.